The number of carbonyl (C=O) groups is 1. The molecule has 10 nitrogen and oxygen atoms in total. The predicted octanol–water partition coefficient (Wildman–Crippen LogP) is 0.417. The summed E-state index contributed by atoms with van der Waals surface area (Å²) in [5.41, 5.74) is 0.186. The average molecular weight is 473 g/mol. The summed E-state index contributed by atoms with van der Waals surface area (Å²) in [5.74, 6) is -0.276. The Morgan fingerprint density at radius 3 is 2.45 bits per heavy atom. The minimum Gasteiger partial charge on any atom is -0.379 e. The van der Waals surface area contributed by atoms with Crippen LogP contribution in [0.4, 0.5) is 0 Å². The number of rotatable bonds is 7. The first-order valence-electron chi connectivity index (χ1n) is 10.5. The Morgan fingerprint density at radius 1 is 1.03 bits per heavy atom. The van der Waals surface area contributed by atoms with E-state index < -0.39 is 21.3 Å². The van der Waals surface area contributed by atoms with Crippen molar-refractivity contribution in [2.45, 2.75) is 24.4 Å². The van der Waals surface area contributed by atoms with Crippen LogP contribution in [0.5, 0.6) is 0 Å². The van der Waals surface area contributed by atoms with Crippen LogP contribution in [-0.4, -0.2) is 54.5 Å². The van der Waals surface area contributed by atoms with Crippen molar-refractivity contribution in [3.05, 3.63) is 74.9 Å². The molecule has 1 saturated heterocycles. The first-order valence-corrected chi connectivity index (χ1v) is 12.0. The highest BCUT2D eigenvalue weighted by Crippen LogP contribution is 2.17. The summed E-state index contributed by atoms with van der Waals surface area (Å²) < 4.78 is 33.3. The van der Waals surface area contributed by atoms with E-state index in [1.807, 2.05) is 0 Å². The Labute approximate surface area is 189 Å². The van der Waals surface area contributed by atoms with E-state index in [1.54, 1.807) is 36.4 Å². The van der Waals surface area contributed by atoms with Crippen LogP contribution in [-0.2, 0) is 32.6 Å². The van der Waals surface area contributed by atoms with E-state index in [0.717, 1.165) is 5.56 Å². The number of aryl methyl sites for hydroxylation is 1. The van der Waals surface area contributed by atoms with Crippen molar-refractivity contribution in [2.75, 3.05) is 26.3 Å². The van der Waals surface area contributed by atoms with E-state index in [-0.39, 0.29) is 30.3 Å². The summed E-state index contributed by atoms with van der Waals surface area (Å²) in [5, 5.41) is 3.15. The quantitative estimate of drug-likeness (QED) is 0.512. The Hall–Kier alpha value is -3.28. The van der Waals surface area contributed by atoms with Crippen molar-refractivity contribution in [3.63, 3.8) is 0 Å². The van der Waals surface area contributed by atoms with E-state index in [1.165, 1.54) is 21.0 Å². The van der Waals surface area contributed by atoms with Gasteiger partial charge in [0.1, 0.15) is 0 Å². The molecule has 1 aliphatic rings. The molecule has 0 unspecified atom stereocenters. The minimum absolute atomic E-state index is 0.0411. The number of nitrogens with zero attached hydrogens (tertiary/aromatic N) is 2. The second-order valence-electron chi connectivity index (χ2n) is 7.62. The zero-order valence-corrected chi connectivity index (χ0v) is 18.6. The summed E-state index contributed by atoms with van der Waals surface area (Å²) in [6.45, 7) is 1.74. The van der Waals surface area contributed by atoms with Gasteiger partial charge >= 0.3 is 5.69 Å². The lowest BCUT2D eigenvalue weighted by molar-refractivity contribution is -0.121. The average Bonchev–Trinajstić information content (AvgIpc) is 2.83. The Bertz CT molecular complexity index is 1370. The smallest absolute Gasteiger partial charge is 0.328 e. The molecular formula is C22H24N4O6S. The Morgan fingerprint density at radius 2 is 1.73 bits per heavy atom. The van der Waals surface area contributed by atoms with Gasteiger partial charge in [0.2, 0.25) is 15.9 Å². The molecule has 1 aromatic heterocycles. The third kappa shape index (κ3) is 5.05. The molecule has 1 amide bonds. The Balaban J connectivity index is 1.36. The number of hydrogen-bond acceptors (Lipinski definition) is 6. The number of morpholine rings is 1. The van der Waals surface area contributed by atoms with Crippen molar-refractivity contribution in [1.82, 2.24) is 19.2 Å². The molecule has 0 bridgehead atoms. The zero-order chi connectivity index (χ0) is 23.4. The normalized spacial score (nSPS) is 14.9. The van der Waals surface area contributed by atoms with Crippen LogP contribution in [0.1, 0.15) is 12.0 Å². The van der Waals surface area contributed by atoms with Crippen LogP contribution in [0.25, 0.3) is 10.9 Å². The monoisotopic (exact) mass is 472 g/mol. The number of hydrogen-bond donors (Lipinski definition) is 2. The first-order chi connectivity index (χ1) is 15.9. The van der Waals surface area contributed by atoms with E-state index in [2.05, 4.69) is 10.3 Å². The van der Waals surface area contributed by atoms with Crippen molar-refractivity contribution < 1.29 is 17.9 Å². The number of fused-ring (bicyclic) bond motifs is 1. The number of amides is 1. The molecule has 4 rings (SSSR count). The lowest BCUT2D eigenvalue weighted by Crippen LogP contribution is -2.40. The second kappa shape index (κ2) is 9.69. The number of H-pyrrole nitrogens is 1. The van der Waals surface area contributed by atoms with Gasteiger partial charge in [-0.15, -0.1) is 0 Å². The molecule has 2 N–H and O–H groups in total. The highest BCUT2D eigenvalue weighted by atomic mass is 32.2. The summed E-state index contributed by atoms with van der Waals surface area (Å²) in [7, 11) is -3.57. The van der Waals surface area contributed by atoms with Gasteiger partial charge < -0.3 is 10.1 Å². The van der Waals surface area contributed by atoms with Crippen LogP contribution < -0.4 is 16.6 Å². The van der Waals surface area contributed by atoms with Crippen molar-refractivity contribution in [1.29, 1.82) is 0 Å². The molecule has 0 saturated carbocycles. The summed E-state index contributed by atoms with van der Waals surface area (Å²) in [4.78, 5) is 38.9. The number of aromatic amines is 1. The van der Waals surface area contributed by atoms with Gasteiger partial charge in [-0.2, -0.15) is 4.31 Å². The largest absolute Gasteiger partial charge is 0.379 e. The maximum Gasteiger partial charge on any atom is 0.328 e. The van der Waals surface area contributed by atoms with Gasteiger partial charge in [-0.05, 0) is 29.8 Å². The molecule has 2 heterocycles. The minimum atomic E-state index is -3.57. The molecular weight excluding hydrogens is 448 g/mol. The second-order valence-corrected chi connectivity index (χ2v) is 9.55. The maximum atomic E-state index is 12.7. The maximum absolute atomic E-state index is 12.7. The van der Waals surface area contributed by atoms with Gasteiger partial charge in [0.05, 0.1) is 29.0 Å². The number of nitrogens with one attached hydrogen (secondary N) is 2. The molecule has 0 spiro atoms. The lowest BCUT2D eigenvalue weighted by Gasteiger charge is -2.26. The first kappa shape index (κ1) is 22.9. The summed E-state index contributed by atoms with van der Waals surface area (Å²) >= 11 is 0. The molecule has 174 valence electrons. The third-order valence-electron chi connectivity index (χ3n) is 5.49. The summed E-state index contributed by atoms with van der Waals surface area (Å²) in [6, 6.07) is 13.1. The van der Waals surface area contributed by atoms with Gasteiger partial charge in [-0.1, -0.05) is 24.3 Å². The van der Waals surface area contributed by atoms with Crippen LogP contribution in [0.3, 0.4) is 0 Å². The standard InChI is InChI=1S/C22H24N4O6S/c27-20(9-10-26-19-4-2-1-3-18(19)21(28)24-22(26)29)23-15-16-5-7-17(8-6-16)33(30,31)25-11-13-32-14-12-25/h1-8H,9-15H2,(H,23,27)(H,24,28,29). The number of ether oxygens (including phenoxy) is 1. The van der Waals surface area contributed by atoms with Crippen molar-refractivity contribution >= 4 is 26.8 Å². The SMILES string of the molecule is O=C(CCn1c(=O)[nH]c(=O)c2ccccc21)NCc1ccc(S(=O)(=O)N2CCOCC2)cc1. The molecule has 11 heteroatoms. The molecule has 0 aliphatic carbocycles. The van der Waals surface area contributed by atoms with Crippen LogP contribution >= 0.6 is 0 Å². The van der Waals surface area contributed by atoms with Crippen LogP contribution in [0, 0.1) is 0 Å². The predicted molar refractivity (Wildman–Crippen MR) is 121 cm³/mol. The van der Waals surface area contributed by atoms with E-state index in [9.17, 15) is 22.8 Å². The molecule has 0 radical (unpaired) electrons. The van der Waals surface area contributed by atoms with Crippen LogP contribution in [0.2, 0.25) is 0 Å². The van der Waals surface area contributed by atoms with E-state index in [0.29, 0.717) is 37.2 Å². The topological polar surface area (TPSA) is 131 Å². The van der Waals surface area contributed by atoms with E-state index in [4.69, 9.17) is 4.74 Å². The van der Waals surface area contributed by atoms with Gasteiger partial charge in [-0.25, -0.2) is 13.2 Å². The van der Waals surface area contributed by atoms with Crippen molar-refractivity contribution in [2.24, 2.45) is 0 Å². The van der Waals surface area contributed by atoms with E-state index >= 15 is 0 Å². The fourth-order valence-electron chi connectivity index (χ4n) is 3.68. The van der Waals surface area contributed by atoms with Gasteiger partial charge in [0, 0.05) is 32.6 Å². The van der Waals surface area contributed by atoms with Crippen molar-refractivity contribution in [3.8, 4) is 0 Å². The fraction of sp³-hybridized carbons (Fsp3) is 0.318. The number of carbonyl (C=O) groups excluding carboxylic acids is 1. The zero-order valence-electron chi connectivity index (χ0n) is 17.8. The van der Waals surface area contributed by atoms with Gasteiger partial charge in [0.15, 0.2) is 0 Å². The van der Waals surface area contributed by atoms with Gasteiger partial charge in [0.25, 0.3) is 5.56 Å². The molecule has 33 heavy (non-hydrogen) atoms. The Kier molecular flexibility index (Phi) is 6.72. The molecule has 1 aliphatic heterocycles. The highest BCUT2D eigenvalue weighted by molar-refractivity contribution is 7.89. The number of sulfonamides is 1. The lowest BCUT2D eigenvalue weighted by atomic mass is 10.2. The molecule has 2 aromatic carbocycles. The molecule has 1 fully saturated rings. The number of para-hydroxylation sites is 1. The number of benzene rings is 2. The molecule has 0 atom stereocenters. The van der Waals surface area contributed by atoms with Crippen LogP contribution in [0.15, 0.2) is 63.0 Å². The third-order valence-corrected chi connectivity index (χ3v) is 7.40. The highest BCUT2D eigenvalue weighted by Gasteiger charge is 2.26. The molecule has 3 aromatic rings. The summed E-state index contributed by atoms with van der Waals surface area (Å²) in [6.07, 6.45) is 0.0411. The fourth-order valence-corrected chi connectivity index (χ4v) is 5.09. The number of aromatic nitrogens is 2. The van der Waals surface area contributed by atoms with Gasteiger partial charge in [-0.3, -0.25) is 19.1 Å².